The molecule has 180 valence electrons. The largest absolute Gasteiger partial charge is 0.480 e. The molecule has 2 aromatic carbocycles. The van der Waals surface area contributed by atoms with Crippen LogP contribution in [0.15, 0.2) is 48.5 Å². The predicted octanol–water partition coefficient (Wildman–Crippen LogP) is 4.31. The van der Waals surface area contributed by atoms with Gasteiger partial charge in [0.2, 0.25) is 5.91 Å². The number of hydrogen-bond acceptors (Lipinski definition) is 5. The van der Waals surface area contributed by atoms with Gasteiger partial charge in [0.15, 0.2) is 0 Å². The summed E-state index contributed by atoms with van der Waals surface area (Å²) in [6.45, 7) is 5.86. The van der Waals surface area contributed by atoms with E-state index in [9.17, 15) is 19.5 Å². The molecule has 34 heavy (non-hydrogen) atoms. The third-order valence-electron chi connectivity index (χ3n) is 6.37. The summed E-state index contributed by atoms with van der Waals surface area (Å²) in [5.74, 6) is -0.815. The number of ether oxygens (including phenoxy) is 1. The van der Waals surface area contributed by atoms with Gasteiger partial charge in [0, 0.05) is 24.1 Å². The van der Waals surface area contributed by atoms with Crippen LogP contribution in [0.4, 0.5) is 4.79 Å². The van der Waals surface area contributed by atoms with E-state index < -0.39 is 24.1 Å². The fourth-order valence-electron chi connectivity index (χ4n) is 4.81. The molecular formula is C26H30N2O5S. The van der Waals surface area contributed by atoms with Crippen LogP contribution in [-0.4, -0.2) is 57.8 Å². The highest BCUT2D eigenvalue weighted by Gasteiger charge is 2.43. The molecule has 8 heteroatoms. The number of carboxylic acids is 1. The predicted molar refractivity (Wildman–Crippen MR) is 132 cm³/mol. The van der Waals surface area contributed by atoms with Gasteiger partial charge in [-0.3, -0.25) is 4.79 Å². The number of amides is 2. The lowest BCUT2D eigenvalue weighted by molar-refractivity contribution is -0.149. The van der Waals surface area contributed by atoms with Crippen LogP contribution in [0.1, 0.15) is 44.2 Å². The van der Waals surface area contributed by atoms with Crippen molar-refractivity contribution in [2.75, 3.05) is 12.4 Å². The molecule has 3 unspecified atom stereocenters. The molecule has 3 atom stereocenters. The highest BCUT2D eigenvalue weighted by Crippen LogP contribution is 2.44. The van der Waals surface area contributed by atoms with Gasteiger partial charge in [0.25, 0.3) is 0 Å². The summed E-state index contributed by atoms with van der Waals surface area (Å²) in [6, 6.07) is 14.9. The Bertz CT molecular complexity index is 1040. The van der Waals surface area contributed by atoms with Gasteiger partial charge in [0.1, 0.15) is 12.6 Å². The van der Waals surface area contributed by atoms with Crippen molar-refractivity contribution in [3.63, 3.8) is 0 Å². The minimum Gasteiger partial charge on any atom is -0.480 e. The molecule has 1 fully saturated rings. The lowest BCUT2D eigenvalue weighted by Crippen LogP contribution is -2.49. The van der Waals surface area contributed by atoms with E-state index in [-0.39, 0.29) is 36.1 Å². The number of carbonyl (C=O) groups excluding carboxylic acids is 2. The van der Waals surface area contributed by atoms with Gasteiger partial charge >= 0.3 is 12.1 Å². The Labute approximate surface area is 203 Å². The topological polar surface area (TPSA) is 95.9 Å². The SMILES string of the molecule is CC(CC(=O)N1C(C(=O)O)CSC1C(C)C)NC(=O)OCC1c2ccccc2-c2ccccc21. The van der Waals surface area contributed by atoms with Gasteiger partial charge in [-0.05, 0) is 35.1 Å². The van der Waals surface area contributed by atoms with E-state index in [4.69, 9.17) is 4.74 Å². The maximum absolute atomic E-state index is 13.0. The molecule has 2 N–H and O–H groups in total. The van der Waals surface area contributed by atoms with Gasteiger partial charge in [0.05, 0.1) is 5.37 Å². The number of thioether (sulfide) groups is 1. The summed E-state index contributed by atoms with van der Waals surface area (Å²) in [5.41, 5.74) is 4.57. The highest BCUT2D eigenvalue weighted by atomic mass is 32.2. The maximum Gasteiger partial charge on any atom is 0.407 e. The smallest absolute Gasteiger partial charge is 0.407 e. The Morgan fingerprint density at radius 3 is 2.21 bits per heavy atom. The molecular weight excluding hydrogens is 452 g/mol. The molecule has 1 aliphatic heterocycles. The van der Waals surface area contributed by atoms with E-state index in [1.165, 1.54) is 16.7 Å². The third-order valence-corrected chi connectivity index (χ3v) is 7.99. The number of fused-ring (bicyclic) bond motifs is 3. The first-order valence-electron chi connectivity index (χ1n) is 11.5. The average molecular weight is 483 g/mol. The van der Waals surface area contributed by atoms with Crippen molar-refractivity contribution in [3.05, 3.63) is 59.7 Å². The quantitative estimate of drug-likeness (QED) is 0.610. The number of benzene rings is 2. The Kier molecular flexibility index (Phi) is 7.16. The van der Waals surface area contributed by atoms with E-state index in [0.717, 1.165) is 22.3 Å². The molecule has 2 amide bonds. The minimum atomic E-state index is -0.999. The molecule has 0 aromatic heterocycles. The zero-order valence-electron chi connectivity index (χ0n) is 19.6. The van der Waals surface area contributed by atoms with Crippen LogP contribution in [-0.2, 0) is 14.3 Å². The van der Waals surface area contributed by atoms with Gasteiger partial charge in [-0.25, -0.2) is 9.59 Å². The van der Waals surface area contributed by atoms with Crippen molar-refractivity contribution in [1.82, 2.24) is 10.2 Å². The number of nitrogens with zero attached hydrogens (tertiary/aromatic N) is 1. The van der Waals surface area contributed by atoms with Crippen molar-refractivity contribution in [1.29, 1.82) is 0 Å². The summed E-state index contributed by atoms with van der Waals surface area (Å²) < 4.78 is 5.56. The molecule has 0 spiro atoms. The number of carbonyl (C=O) groups is 3. The van der Waals surface area contributed by atoms with Crippen LogP contribution < -0.4 is 5.32 Å². The molecule has 7 nitrogen and oxygen atoms in total. The normalized spacial score (nSPS) is 20.1. The second-order valence-electron chi connectivity index (χ2n) is 9.20. The first kappa shape index (κ1) is 24.1. The zero-order chi connectivity index (χ0) is 24.4. The minimum absolute atomic E-state index is 0.0117. The summed E-state index contributed by atoms with van der Waals surface area (Å²) >= 11 is 1.49. The van der Waals surface area contributed by atoms with Gasteiger partial charge in [-0.2, -0.15) is 0 Å². The summed E-state index contributed by atoms with van der Waals surface area (Å²) in [4.78, 5) is 38.6. The molecule has 2 aliphatic rings. The van der Waals surface area contributed by atoms with E-state index in [2.05, 4.69) is 29.6 Å². The van der Waals surface area contributed by atoms with Gasteiger partial charge in [-0.15, -0.1) is 11.8 Å². The van der Waals surface area contributed by atoms with Crippen molar-refractivity contribution in [2.24, 2.45) is 5.92 Å². The monoisotopic (exact) mass is 482 g/mol. The zero-order valence-corrected chi connectivity index (χ0v) is 20.4. The van der Waals surface area contributed by atoms with Gasteiger partial charge < -0.3 is 20.1 Å². The second kappa shape index (κ2) is 10.1. The Morgan fingerprint density at radius 2 is 1.65 bits per heavy atom. The van der Waals surface area contributed by atoms with E-state index >= 15 is 0 Å². The molecule has 0 saturated carbocycles. The summed E-state index contributed by atoms with van der Waals surface area (Å²) in [5, 5.41) is 12.1. The maximum atomic E-state index is 13.0. The Morgan fingerprint density at radius 1 is 1.06 bits per heavy atom. The molecule has 4 rings (SSSR count). The molecule has 1 aliphatic carbocycles. The fraction of sp³-hybridized carbons (Fsp3) is 0.423. The second-order valence-corrected chi connectivity index (χ2v) is 10.3. The molecule has 1 heterocycles. The van der Waals surface area contributed by atoms with Crippen LogP contribution in [0.3, 0.4) is 0 Å². The first-order chi connectivity index (χ1) is 16.3. The number of alkyl carbamates (subject to hydrolysis) is 1. The van der Waals surface area contributed by atoms with Crippen LogP contribution in [0.2, 0.25) is 0 Å². The molecule has 1 saturated heterocycles. The standard InChI is InChI=1S/C26H30N2O5S/c1-15(2)24-28(22(14-34-24)25(30)31)23(29)12-16(3)27-26(32)33-13-21-19-10-6-4-8-17(19)18-9-5-7-11-20(18)21/h4-11,15-16,21-22,24H,12-14H2,1-3H3,(H,27,32)(H,30,31). The number of carboxylic acid groups (broad SMARTS) is 1. The number of aliphatic carboxylic acids is 1. The van der Waals surface area contributed by atoms with E-state index in [1.807, 2.05) is 38.1 Å². The molecule has 0 bridgehead atoms. The summed E-state index contributed by atoms with van der Waals surface area (Å²) in [7, 11) is 0. The van der Waals surface area contributed by atoms with Gasteiger partial charge in [-0.1, -0.05) is 62.4 Å². The number of rotatable bonds is 7. The van der Waals surface area contributed by atoms with E-state index in [1.54, 1.807) is 6.92 Å². The summed E-state index contributed by atoms with van der Waals surface area (Å²) in [6.07, 6.45) is -0.578. The number of nitrogens with one attached hydrogen (secondary N) is 1. The Hall–Kier alpha value is -3.00. The van der Waals surface area contributed by atoms with Crippen LogP contribution in [0.5, 0.6) is 0 Å². The Balaban J connectivity index is 1.35. The lowest BCUT2D eigenvalue weighted by Gasteiger charge is -2.30. The molecule has 0 radical (unpaired) electrons. The molecule has 2 aromatic rings. The van der Waals surface area contributed by atoms with Crippen molar-refractivity contribution in [2.45, 2.75) is 50.6 Å². The first-order valence-corrected chi connectivity index (χ1v) is 12.6. The number of hydrogen-bond donors (Lipinski definition) is 2. The van der Waals surface area contributed by atoms with Crippen molar-refractivity contribution >= 4 is 29.7 Å². The van der Waals surface area contributed by atoms with Crippen molar-refractivity contribution < 1.29 is 24.2 Å². The van der Waals surface area contributed by atoms with Crippen molar-refractivity contribution in [3.8, 4) is 11.1 Å². The highest BCUT2D eigenvalue weighted by molar-refractivity contribution is 8.00. The van der Waals surface area contributed by atoms with Crippen LogP contribution in [0.25, 0.3) is 11.1 Å². The van der Waals surface area contributed by atoms with Crippen LogP contribution in [0, 0.1) is 5.92 Å². The average Bonchev–Trinajstić information content (AvgIpc) is 3.38. The lowest BCUT2D eigenvalue weighted by atomic mass is 9.98. The fourth-order valence-corrected chi connectivity index (χ4v) is 6.30. The van der Waals surface area contributed by atoms with Crippen LogP contribution >= 0.6 is 11.8 Å². The van der Waals surface area contributed by atoms with E-state index in [0.29, 0.717) is 5.75 Å². The third kappa shape index (κ3) is 4.78.